The summed E-state index contributed by atoms with van der Waals surface area (Å²) in [6.07, 6.45) is 9.13. The molecule has 2 aromatic rings. The van der Waals surface area contributed by atoms with Crippen molar-refractivity contribution in [1.29, 1.82) is 0 Å². The summed E-state index contributed by atoms with van der Waals surface area (Å²) >= 11 is 0. The Bertz CT molecular complexity index is 627. The zero-order valence-corrected chi connectivity index (χ0v) is 12.8. The zero-order chi connectivity index (χ0) is 14.5. The average Bonchev–Trinajstić information content (AvgIpc) is 3.04. The van der Waals surface area contributed by atoms with Crippen LogP contribution in [0.3, 0.4) is 0 Å². The molecule has 3 rings (SSSR count). The highest BCUT2D eigenvalue weighted by atomic mass is 15.1. The summed E-state index contributed by atoms with van der Waals surface area (Å²) in [5.74, 6) is 0. The van der Waals surface area contributed by atoms with E-state index in [1.165, 1.54) is 32.5 Å². The lowest BCUT2D eigenvalue weighted by Crippen LogP contribution is -2.19. The predicted molar refractivity (Wildman–Crippen MR) is 88.2 cm³/mol. The molecule has 1 saturated heterocycles. The van der Waals surface area contributed by atoms with Crippen LogP contribution in [0.15, 0.2) is 30.3 Å². The molecule has 0 atom stereocenters. The minimum absolute atomic E-state index is 0.920. The topological polar surface area (TPSA) is 29.0 Å². The van der Waals surface area contributed by atoms with Gasteiger partial charge in [-0.25, -0.2) is 9.97 Å². The van der Waals surface area contributed by atoms with E-state index < -0.39 is 0 Å². The molecule has 1 fully saturated rings. The maximum Gasteiger partial charge on any atom is 0.0894 e. The van der Waals surface area contributed by atoms with Gasteiger partial charge in [-0.3, -0.25) is 0 Å². The van der Waals surface area contributed by atoms with Crippen molar-refractivity contribution in [3.8, 4) is 0 Å². The van der Waals surface area contributed by atoms with Gasteiger partial charge in [0, 0.05) is 6.54 Å². The second kappa shape index (κ2) is 6.81. The van der Waals surface area contributed by atoms with Crippen molar-refractivity contribution in [2.75, 3.05) is 19.6 Å². The number of fused-ring (bicyclic) bond motifs is 1. The largest absolute Gasteiger partial charge is 0.303 e. The molecule has 0 amide bonds. The van der Waals surface area contributed by atoms with E-state index in [1.54, 1.807) is 0 Å². The normalized spacial score (nSPS) is 16.2. The van der Waals surface area contributed by atoms with Crippen LogP contribution in [0.2, 0.25) is 0 Å². The molecule has 0 unspecified atom stereocenters. The minimum atomic E-state index is 0.920. The Morgan fingerprint density at radius 3 is 2.52 bits per heavy atom. The van der Waals surface area contributed by atoms with Crippen LogP contribution >= 0.6 is 0 Å². The molecule has 3 nitrogen and oxygen atoms in total. The van der Waals surface area contributed by atoms with E-state index in [4.69, 9.17) is 9.97 Å². The van der Waals surface area contributed by atoms with Gasteiger partial charge in [0.2, 0.25) is 0 Å². The van der Waals surface area contributed by atoms with Crippen molar-refractivity contribution in [2.24, 2.45) is 0 Å². The van der Waals surface area contributed by atoms with Crippen molar-refractivity contribution < 1.29 is 0 Å². The molecule has 2 heterocycles. The molecule has 0 radical (unpaired) electrons. The van der Waals surface area contributed by atoms with Gasteiger partial charge in [-0.05, 0) is 57.0 Å². The zero-order valence-electron chi connectivity index (χ0n) is 12.8. The molecule has 3 heteroatoms. The van der Waals surface area contributed by atoms with Gasteiger partial charge in [0.05, 0.1) is 22.4 Å². The van der Waals surface area contributed by atoms with Gasteiger partial charge in [-0.2, -0.15) is 0 Å². The summed E-state index contributed by atoms with van der Waals surface area (Å²) in [4.78, 5) is 12.0. The van der Waals surface area contributed by atoms with Crippen molar-refractivity contribution in [2.45, 2.75) is 32.6 Å². The van der Waals surface area contributed by atoms with Gasteiger partial charge in [0.15, 0.2) is 0 Å². The number of hydrogen-bond donors (Lipinski definition) is 0. The molecule has 1 aromatic carbocycles. The third kappa shape index (κ3) is 3.48. The standard InChI is InChI=1S/C18H23N3/c1-2-15-16(11-5-6-12-21-13-7-8-14-21)20-18-10-4-3-9-17(18)19-15/h3-5,9-11H,2,6-8,12-14H2,1H3. The van der Waals surface area contributed by atoms with Crippen LogP contribution in [0.25, 0.3) is 17.1 Å². The van der Waals surface area contributed by atoms with Gasteiger partial charge >= 0.3 is 0 Å². The molecule has 0 aliphatic carbocycles. The predicted octanol–water partition coefficient (Wildman–Crippen LogP) is 3.69. The summed E-state index contributed by atoms with van der Waals surface area (Å²) in [5, 5.41) is 0. The second-order valence-corrected chi connectivity index (χ2v) is 5.64. The fraction of sp³-hybridized carbons (Fsp3) is 0.444. The van der Waals surface area contributed by atoms with Crippen molar-refractivity contribution >= 4 is 17.1 Å². The van der Waals surface area contributed by atoms with Crippen molar-refractivity contribution in [3.05, 3.63) is 41.7 Å². The Kier molecular flexibility index (Phi) is 4.61. The first-order chi connectivity index (χ1) is 10.4. The fourth-order valence-electron chi connectivity index (χ4n) is 2.90. The highest BCUT2D eigenvalue weighted by Gasteiger charge is 2.09. The molecule has 0 saturated carbocycles. The molecule has 0 bridgehead atoms. The Hall–Kier alpha value is -1.74. The van der Waals surface area contributed by atoms with Gasteiger partial charge < -0.3 is 4.90 Å². The van der Waals surface area contributed by atoms with Crippen LogP contribution in [0.1, 0.15) is 37.6 Å². The summed E-state index contributed by atoms with van der Waals surface area (Å²) < 4.78 is 0. The number of hydrogen-bond acceptors (Lipinski definition) is 3. The summed E-state index contributed by atoms with van der Waals surface area (Å²) in [6, 6.07) is 8.09. The van der Waals surface area contributed by atoms with Crippen LogP contribution in [-0.2, 0) is 6.42 Å². The molecular formula is C18H23N3. The van der Waals surface area contributed by atoms with E-state index in [1.807, 2.05) is 24.3 Å². The number of benzene rings is 1. The summed E-state index contributed by atoms with van der Waals surface area (Å²) in [6.45, 7) is 5.84. The molecule has 1 aliphatic rings. The molecule has 0 N–H and O–H groups in total. The Balaban J connectivity index is 1.72. The monoisotopic (exact) mass is 281 g/mol. The number of nitrogens with zero attached hydrogens (tertiary/aromatic N) is 3. The fourth-order valence-corrected chi connectivity index (χ4v) is 2.90. The van der Waals surface area contributed by atoms with E-state index in [-0.39, 0.29) is 0 Å². The Morgan fingerprint density at radius 2 is 1.81 bits per heavy atom. The van der Waals surface area contributed by atoms with Crippen LogP contribution < -0.4 is 0 Å². The third-order valence-electron chi connectivity index (χ3n) is 4.10. The maximum atomic E-state index is 4.75. The SMILES string of the molecule is CCc1nc2ccccc2nc1C=CCCN1CCCC1. The lowest BCUT2D eigenvalue weighted by molar-refractivity contribution is 0.346. The molecule has 1 aliphatic heterocycles. The van der Waals surface area contributed by atoms with E-state index >= 15 is 0 Å². The Labute approximate surface area is 126 Å². The van der Waals surface area contributed by atoms with Crippen molar-refractivity contribution in [3.63, 3.8) is 0 Å². The molecule has 110 valence electrons. The summed E-state index contributed by atoms with van der Waals surface area (Å²) in [5.41, 5.74) is 4.08. The lowest BCUT2D eigenvalue weighted by atomic mass is 10.2. The Morgan fingerprint density at radius 1 is 1.10 bits per heavy atom. The number of rotatable bonds is 5. The first-order valence-corrected chi connectivity index (χ1v) is 8.01. The lowest BCUT2D eigenvalue weighted by Gasteiger charge is -2.12. The van der Waals surface area contributed by atoms with E-state index in [2.05, 4.69) is 24.0 Å². The highest BCUT2D eigenvalue weighted by molar-refractivity contribution is 5.75. The molecule has 21 heavy (non-hydrogen) atoms. The number of para-hydroxylation sites is 2. The number of aryl methyl sites for hydroxylation is 1. The van der Waals surface area contributed by atoms with Crippen LogP contribution in [0.5, 0.6) is 0 Å². The van der Waals surface area contributed by atoms with Gasteiger partial charge in [0.25, 0.3) is 0 Å². The first-order valence-electron chi connectivity index (χ1n) is 8.01. The first kappa shape index (κ1) is 14.2. The average molecular weight is 281 g/mol. The smallest absolute Gasteiger partial charge is 0.0894 e. The van der Waals surface area contributed by atoms with Crippen LogP contribution in [-0.4, -0.2) is 34.5 Å². The van der Waals surface area contributed by atoms with Gasteiger partial charge in [0.1, 0.15) is 0 Å². The minimum Gasteiger partial charge on any atom is -0.303 e. The van der Waals surface area contributed by atoms with Crippen LogP contribution in [0.4, 0.5) is 0 Å². The van der Waals surface area contributed by atoms with E-state index in [0.717, 1.165) is 35.3 Å². The van der Waals surface area contributed by atoms with Crippen molar-refractivity contribution in [1.82, 2.24) is 14.9 Å². The molecule has 1 aromatic heterocycles. The highest BCUT2D eigenvalue weighted by Crippen LogP contribution is 2.15. The molecular weight excluding hydrogens is 258 g/mol. The van der Waals surface area contributed by atoms with Gasteiger partial charge in [-0.1, -0.05) is 25.1 Å². The van der Waals surface area contributed by atoms with Crippen LogP contribution in [0, 0.1) is 0 Å². The summed E-state index contributed by atoms with van der Waals surface area (Å²) in [7, 11) is 0. The number of likely N-dealkylation sites (tertiary alicyclic amines) is 1. The van der Waals surface area contributed by atoms with E-state index in [0.29, 0.717) is 0 Å². The maximum absolute atomic E-state index is 4.75. The third-order valence-corrected chi connectivity index (χ3v) is 4.10. The van der Waals surface area contributed by atoms with Gasteiger partial charge in [-0.15, -0.1) is 0 Å². The van der Waals surface area contributed by atoms with E-state index in [9.17, 15) is 0 Å². The number of aromatic nitrogens is 2. The molecule has 0 spiro atoms. The quantitative estimate of drug-likeness (QED) is 0.837. The second-order valence-electron chi connectivity index (χ2n) is 5.64.